The van der Waals surface area contributed by atoms with E-state index in [9.17, 15) is 19.2 Å². The van der Waals surface area contributed by atoms with Gasteiger partial charge in [0.05, 0.1) is 35.9 Å². The number of imidazole rings is 2. The molecule has 6 aromatic rings. The highest BCUT2D eigenvalue weighted by atomic mass is 16.2. The molecule has 1 saturated carbocycles. The molecular formula is C50H49N9O4. The van der Waals surface area contributed by atoms with Gasteiger partial charge in [-0.3, -0.25) is 14.4 Å². The van der Waals surface area contributed by atoms with Crippen LogP contribution in [0.4, 0.5) is 4.79 Å². The molecule has 4 aromatic carbocycles. The van der Waals surface area contributed by atoms with Crippen LogP contribution in [0.5, 0.6) is 0 Å². The molecule has 5 N–H and O–H groups in total. The highest BCUT2D eigenvalue weighted by molar-refractivity contribution is 5.91. The molecule has 0 unspecified atom stereocenters. The van der Waals surface area contributed by atoms with Gasteiger partial charge in [0.15, 0.2) is 0 Å². The van der Waals surface area contributed by atoms with Crippen LogP contribution in [0.2, 0.25) is 0 Å². The lowest BCUT2D eigenvalue weighted by atomic mass is 10.0. The molecule has 4 heterocycles. The van der Waals surface area contributed by atoms with Crippen LogP contribution in [0.1, 0.15) is 96.6 Å². The summed E-state index contributed by atoms with van der Waals surface area (Å²) in [6.07, 6.45) is 8.57. The Hall–Kier alpha value is -7.46. The summed E-state index contributed by atoms with van der Waals surface area (Å²) in [6, 6.07) is 32.3. The fraction of sp³-hybridized carbons (Fsp3) is 0.280. The number of likely N-dealkylation sites (tertiary alicyclic amines) is 2. The summed E-state index contributed by atoms with van der Waals surface area (Å²) in [5, 5.41) is 8.42. The summed E-state index contributed by atoms with van der Waals surface area (Å²) in [7, 11) is 1.53. The number of aromatic nitrogens is 4. The standard InChI is InChI=1S/C50H49N9O4/c1-51-50(63)57-44(37-12-6-3-7-13-37)49(62)59-29-9-15-42(59)46-53-31-40(55-46)35-24-20-33(21-25-35)17-16-32-18-22-34(23-19-32)39-30-52-45(54-39)41-14-8-28-58(41)48(61)43(36-10-4-2-5-11-36)56-47(60)38-26-27-38/h2-7,10-13,18-25,30-31,38,41-44H,8-9,14-15,26-29H2,1H3,(H,52,54)(H,53,55)(H,56,60)(H2,51,57,63)/t41-,42-,43+,44+/m0/s1. The molecule has 1 aliphatic carbocycles. The maximum absolute atomic E-state index is 14.1. The third-order valence-corrected chi connectivity index (χ3v) is 12.1. The van der Waals surface area contributed by atoms with Gasteiger partial charge < -0.3 is 35.7 Å². The minimum Gasteiger partial charge on any atom is -0.341 e. The van der Waals surface area contributed by atoms with Crippen LogP contribution in [0.15, 0.2) is 122 Å². The second-order valence-corrected chi connectivity index (χ2v) is 16.3. The normalized spacial score (nSPS) is 17.9. The number of nitrogens with zero attached hydrogens (tertiary/aromatic N) is 4. The van der Waals surface area contributed by atoms with Crippen molar-refractivity contribution >= 4 is 23.8 Å². The summed E-state index contributed by atoms with van der Waals surface area (Å²) in [4.78, 5) is 73.1. The molecule has 13 nitrogen and oxygen atoms in total. The number of rotatable bonds is 11. The van der Waals surface area contributed by atoms with Crippen molar-refractivity contribution in [1.29, 1.82) is 0 Å². The van der Waals surface area contributed by atoms with E-state index in [-0.39, 0.29) is 35.7 Å². The van der Waals surface area contributed by atoms with Crippen molar-refractivity contribution in [3.8, 4) is 34.4 Å². The first-order valence-electron chi connectivity index (χ1n) is 21.6. The lowest BCUT2D eigenvalue weighted by Crippen LogP contribution is -2.45. The maximum atomic E-state index is 14.1. The molecule has 2 aliphatic heterocycles. The van der Waals surface area contributed by atoms with E-state index in [1.54, 1.807) is 6.20 Å². The number of amides is 5. The molecule has 2 aromatic heterocycles. The van der Waals surface area contributed by atoms with Gasteiger partial charge in [-0.1, -0.05) is 96.8 Å². The van der Waals surface area contributed by atoms with E-state index in [4.69, 9.17) is 9.97 Å². The Labute approximate surface area is 366 Å². The first kappa shape index (κ1) is 40.9. The molecule has 318 valence electrons. The third-order valence-electron chi connectivity index (χ3n) is 12.1. The predicted octanol–water partition coefficient (Wildman–Crippen LogP) is 7.13. The second-order valence-electron chi connectivity index (χ2n) is 16.3. The summed E-state index contributed by atoms with van der Waals surface area (Å²) in [6.45, 7) is 1.17. The summed E-state index contributed by atoms with van der Waals surface area (Å²) >= 11 is 0. The van der Waals surface area contributed by atoms with Crippen molar-refractivity contribution in [1.82, 2.24) is 45.7 Å². The highest BCUT2D eigenvalue weighted by Crippen LogP contribution is 2.36. The van der Waals surface area contributed by atoms with Gasteiger partial charge in [0.2, 0.25) is 17.7 Å². The average Bonchev–Trinajstić information content (AvgIpc) is 3.77. The minimum atomic E-state index is -0.820. The van der Waals surface area contributed by atoms with E-state index < -0.39 is 18.1 Å². The van der Waals surface area contributed by atoms with E-state index in [1.807, 2.05) is 125 Å². The van der Waals surface area contributed by atoms with Gasteiger partial charge in [-0.25, -0.2) is 14.8 Å². The van der Waals surface area contributed by atoms with Crippen molar-refractivity contribution in [3.63, 3.8) is 0 Å². The molecule has 63 heavy (non-hydrogen) atoms. The molecule has 2 saturated heterocycles. The van der Waals surface area contributed by atoms with Crippen molar-refractivity contribution in [2.45, 2.75) is 62.7 Å². The van der Waals surface area contributed by atoms with Crippen LogP contribution in [0.3, 0.4) is 0 Å². The van der Waals surface area contributed by atoms with Crippen LogP contribution in [-0.2, 0) is 14.4 Å². The number of nitrogens with one attached hydrogen (secondary N) is 5. The lowest BCUT2D eigenvalue weighted by Gasteiger charge is -2.28. The topological polar surface area (TPSA) is 168 Å². The fourth-order valence-electron chi connectivity index (χ4n) is 8.55. The van der Waals surface area contributed by atoms with E-state index in [2.05, 4.69) is 37.8 Å². The first-order valence-corrected chi connectivity index (χ1v) is 21.6. The highest BCUT2D eigenvalue weighted by Gasteiger charge is 2.40. The van der Waals surface area contributed by atoms with Crippen molar-refractivity contribution in [2.75, 3.05) is 20.1 Å². The number of aromatic amines is 2. The zero-order chi connectivity index (χ0) is 43.3. The zero-order valence-corrected chi connectivity index (χ0v) is 35.0. The van der Waals surface area contributed by atoms with Gasteiger partial charge >= 0.3 is 6.03 Å². The third kappa shape index (κ3) is 9.11. The minimum absolute atomic E-state index is 0.00256. The quantitative estimate of drug-likeness (QED) is 0.0871. The smallest absolute Gasteiger partial charge is 0.315 e. The van der Waals surface area contributed by atoms with Gasteiger partial charge in [-0.05, 0) is 85.0 Å². The average molecular weight is 840 g/mol. The van der Waals surface area contributed by atoms with E-state index >= 15 is 0 Å². The first-order chi connectivity index (χ1) is 30.8. The summed E-state index contributed by atoms with van der Waals surface area (Å²) in [5.41, 5.74) is 6.82. The van der Waals surface area contributed by atoms with Crippen LogP contribution in [-0.4, -0.2) is 73.6 Å². The molecule has 5 amide bonds. The van der Waals surface area contributed by atoms with Gasteiger partial charge in [-0.2, -0.15) is 0 Å². The number of urea groups is 1. The molecule has 4 atom stereocenters. The SMILES string of the molecule is CNC(=O)N[C@@H](C(=O)N1CCC[C@H]1c1ncc(-c2ccc(C#Cc3ccc(-c4cnc([C@@H]5CCCN5C(=O)[C@H](NC(=O)C5CC5)c5ccccc5)[nH]4)cc3)cc2)[nH]1)c1ccccc1. The Kier molecular flexibility index (Phi) is 11.9. The fourth-order valence-corrected chi connectivity index (χ4v) is 8.55. The van der Waals surface area contributed by atoms with E-state index in [0.717, 1.165) is 83.6 Å². The van der Waals surface area contributed by atoms with Crippen LogP contribution in [0.25, 0.3) is 22.5 Å². The Morgan fingerprint density at radius 1 is 0.603 bits per heavy atom. The largest absolute Gasteiger partial charge is 0.341 e. The van der Waals surface area contributed by atoms with E-state index in [0.29, 0.717) is 24.5 Å². The van der Waals surface area contributed by atoms with Gasteiger partial charge in [0.1, 0.15) is 23.7 Å². The molecule has 0 spiro atoms. The van der Waals surface area contributed by atoms with Crippen molar-refractivity contribution < 1.29 is 19.2 Å². The molecule has 3 aliphatic rings. The molecule has 0 radical (unpaired) electrons. The number of hydrogen-bond donors (Lipinski definition) is 5. The van der Waals surface area contributed by atoms with Crippen molar-refractivity contribution in [3.05, 3.63) is 155 Å². The Morgan fingerprint density at radius 2 is 1.05 bits per heavy atom. The van der Waals surface area contributed by atoms with E-state index in [1.165, 1.54) is 7.05 Å². The number of carbonyl (C=O) groups excluding carboxylic acids is 4. The second kappa shape index (κ2) is 18.3. The molecule has 9 rings (SSSR count). The molecule has 3 fully saturated rings. The van der Waals surface area contributed by atoms with Crippen LogP contribution >= 0.6 is 0 Å². The Morgan fingerprint density at radius 3 is 1.48 bits per heavy atom. The number of H-pyrrole nitrogens is 2. The van der Waals surface area contributed by atoms with Gasteiger partial charge in [0, 0.05) is 37.2 Å². The summed E-state index contributed by atoms with van der Waals surface area (Å²) in [5.74, 6) is 7.63. The molecular weight excluding hydrogens is 791 g/mol. The molecule has 0 bridgehead atoms. The predicted molar refractivity (Wildman–Crippen MR) is 238 cm³/mol. The molecule has 13 heteroatoms. The van der Waals surface area contributed by atoms with Crippen LogP contribution < -0.4 is 16.0 Å². The number of hydrogen-bond acceptors (Lipinski definition) is 6. The Balaban J connectivity index is 0.831. The zero-order valence-electron chi connectivity index (χ0n) is 35.0. The number of benzene rings is 4. The van der Waals surface area contributed by atoms with Gasteiger partial charge in [-0.15, -0.1) is 0 Å². The Bertz CT molecular complexity index is 2640. The van der Waals surface area contributed by atoms with Crippen LogP contribution in [0, 0.1) is 17.8 Å². The van der Waals surface area contributed by atoms with Crippen molar-refractivity contribution in [2.24, 2.45) is 5.92 Å². The number of carbonyl (C=O) groups is 4. The maximum Gasteiger partial charge on any atom is 0.315 e. The van der Waals surface area contributed by atoms with Gasteiger partial charge in [0.25, 0.3) is 0 Å². The monoisotopic (exact) mass is 839 g/mol. The summed E-state index contributed by atoms with van der Waals surface area (Å²) < 4.78 is 0. The lowest BCUT2D eigenvalue weighted by molar-refractivity contribution is -0.138.